The van der Waals surface area contributed by atoms with Gasteiger partial charge in [0, 0.05) is 5.56 Å². The van der Waals surface area contributed by atoms with E-state index < -0.39 is 16.9 Å². The first-order valence-corrected chi connectivity index (χ1v) is 8.03. The van der Waals surface area contributed by atoms with E-state index in [4.69, 9.17) is 5.73 Å². The van der Waals surface area contributed by atoms with Crippen LogP contribution >= 0.6 is 0 Å². The van der Waals surface area contributed by atoms with Gasteiger partial charge in [-0.25, -0.2) is 4.79 Å². The minimum Gasteiger partial charge on any atom is -0.480 e. The minimum atomic E-state index is -1.83. The van der Waals surface area contributed by atoms with Gasteiger partial charge in [0.1, 0.15) is 5.54 Å². The summed E-state index contributed by atoms with van der Waals surface area (Å²) in [6.07, 6.45) is 6.50. The van der Waals surface area contributed by atoms with E-state index in [9.17, 15) is 14.7 Å². The first-order chi connectivity index (χ1) is 12.0. The number of aliphatic carboxylic acids is 1. The van der Waals surface area contributed by atoms with Crippen molar-refractivity contribution in [3.63, 3.8) is 0 Å². The fraction of sp³-hybridized carbons (Fsp3) is 0.143. The highest BCUT2D eigenvalue weighted by Gasteiger charge is 2.56. The third kappa shape index (κ3) is 2.81. The van der Waals surface area contributed by atoms with Crippen molar-refractivity contribution in [1.29, 1.82) is 0 Å². The van der Waals surface area contributed by atoms with Crippen LogP contribution in [0.2, 0.25) is 0 Å². The maximum absolute atomic E-state index is 13.4. The molecule has 0 bridgehead atoms. The number of benzene rings is 2. The van der Waals surface area contributed by atoms with Crippen LogP contribution in [0.1, 0.15) is 15.9 Å². The SMILES string of the molecule is NC1(C(=O)O)C=CC=CC1(Cc1ccccc1)C(=O)c1ccccc1. The summed E-state index contributed by atoms with van der Waals surface area (Å²) in [6.45, 7) is 0. The van der Waals surface area contributed by atoms with E-state index in [0.717, 1.165) is 5.56 Å². The first kappa shape index (κ1) is 16.9. The Hall–Kier alpha value is -2.98. The van der Waals surface area contributed by atoms with Crippen molar-refractivity contribution < 1.29 is 14.7 Å². The van der Waals surface area contributed by atoms with Gasteiger partial charge in [0.25, 0.3) is 0 Å². The number of carboxylic acid groups (broad SMARTS) is 1. The molecule has 3 N–H and O–H groups in total. The van der Waals surface area contributed by atoms with E-state index in [2.05, 4.69) is 0 Å². The van der Waals surface area contributed by atoms with E-state index in [-0.39, 0.29) is 12.2 Å². The summed E-state index contributed by atoms with van der Waals surface area (Å²) in [5, 5.41) is 9.84. The van der Waals surface area contributed by atoms with Crippen LogP contribution in [0.15, 0.2) is 85.0 Å². The Balaban J connectivity index is 2.18. The number of carboxylic acids is 1. The number of nitrogens with two attached hydrogens (primary N) is 1. The molecule has 0 aromatic heterocycles. The van der Waals surface area contributed by atoms with Crippen LogP contribution in [-0.4, -0.2) is 22.4 Å². The second-order valence-corrected chi connectivity index (χ2v) is 6.22. The van der Waals surface area contributed by atoms with E-state index >= 15 is 0 Å². The molecule has 4 nitrogen and oxygen atoms in total. The summed E-state index contributed by atoms with van der Waals surface area (Å²) in [5.41, 5.74) is 4.36. The van der Waals surface area contributed by atoms with Crippen molar-refractivity contribution in [1.82, 2.24) is 0 Å². The average molecular weight is 333 g/mol. The third-order valence-electron chi connectivity index (χ3n) is 4.71. The van der Waals surface area contributed by atoms with Crippen LogP contribution in [0.25, 0.3) is 0 Å². The monoisotopic (exact) mass is 333 g/mol. The number of hydrogen-bond acceptors (Lipinski definition) is 3. The molecule has 2 unspecified atom stereocenters. The van der Waals surface area contributed by atoms with Crippen LogP contribution in [0.4, 0.5) is 0 Å². The Morgan fingerprint density at radius 2 is 1.44 bits per heavy atom. The number of carbonyl (C=O) groups excluding carboxylic acids is 1. The second kappa shape index (κ2) is 6.49. The Kier molecular flexibility index (Phi) is 4.38. The zero-order valence-electron chi connectivity index (χ0n) is 13.6. The van der Waals surface area contributed by atoms with Gasteiger partial charge < -0.3 is 10.8 Å². The first-order valence-electron chi connectivity index (χ1n) is 8.03. The van der Waals surface area contributed by atoms with Gasteiger partial charge in [-0.05, 0) is 12.0 Å². The lowest BCUT2D eigenvalue weighted by atomic mass is 9.60. The largest absolute Gasteiger partial charge is 0.480 e. The van der Waals surface area contributed by atoms with Gasteiger partial charge >= 0.3 is 5.97 Å². The lowest BCUT2D eigenvalue weighted by Crippen LogP contribution is -2.64. The van der Waals surface area contributed by atoms with E-state index in [1.807, 2.05) is 36.4 Å². The molecule has 0 heterocycles. The number of Topliss-reactive ketones (excluding diaryl/α,β-unsaturated/α-hetero) is 1. The van der Waals surface area contributed by atoms with Crippen LogP contribution in [0, 0.1) is 5.41 Å². The Labute approximate surface area is 146 Å². The summed E-state index contributed by atoms with van der Waals surface area (Å²) < 4.78 is 0. The van der Waals surface area contributed by atoms with Crippen LogP contribution in [0.5, 0.6) is 0 Å². The van der Waals surface area contributed by atoms with Crippen molar-refractivity contribution in [2.75, 3.05) is 0 Å². The number of hydrogen-bond donors (Lipinski definition) is 2. The normalized spacial score (nSPS) is 24.8. The van der Waals surface area contributed by atoms with Crippen molar-refractivity contribution in [3.05, 3.63) is 96.1 Å². The maximum atomic E-state index is 13.4. The molecule has 0 radical (unpaired) electrons. The molecule has 1 aliphatic rings. The fourth-order valence-electron chi connectivity index (χ4n) is 3.29. The van der Waals surface area contributed by atoms with Crippen molar-refractivity contribution >= 4 is 11.8 Å². The standard InChI is InChI=1S/C21H19NO3/c22-21(19(24)25)14-8-7-13-20(21,15-16-9-3-1-4-10-16)18(23)17-11-5-2-6-12-17/h1-14H,15,22H2,(H,24,25). The molecule has 0 fully saturated rings. The zero-order chi connectivity index (χ0) is 17.9. The molecule has 126 valence electrons. The Morgan fingerprint density at radius 1 is 0.880 bits per heavy atom. The summed E-state index contributed by atoms with van der Waals surface area (Å²) in [4.78, 5) is 25.5. The number of allylic oxidation sites excluding steroid dienone is 2. The van der Waals surface area contributed by atoms with Gasteiger partial charge in [-0.3, -0.25) is 4.79 Å². The van der Waals surface area contributed by atoms with Crippen molar-refractivity contribution in [2.24, 2.45) is 11.1 Å². The molecule has 25 heavy (non-hydrogen) atoms. The fourth-order valence-corrected chi connectivity index (χ4v) is 3.29. The van der Waals surface area contributed by atoms with E-state index in [1.165, 1.54) is 6.08 Å². The number of rotatable bonds is 5. The van der Waals surface area contributed by atoms with Gasteiger partial charge in [-0.2, -0.15) is 0 Å². The molecule has 4 heteroatoms. The molecule has 2 aromatic rings. The summed E-state index contributed by atoms with van der Waals surface area (Å²) in [6, 6.07) is 18.0. The van der Waals surface area contributed by atoms with Gasteiger partial charge in [-0.1, -0.05) is 85.0 Å². The Bertz CT molecular complexity index is 842. The van der Waals surface area contributed by atoms with Crippen LogP contribution < -0.4 is 5.73 Å². The zero-order valence-corrected chi connectivity index (χ0v) is 13.6. The quantitative estimate of drug-likeness (QED) is 0.824. The molecule has 0 aliphatic heterocycles. The predicted molar refractivity (Wildman–Crippen MR) is 96.2 cm³/mol. The van der Waals surface area contributed by atoms with Crippen LogP contribution in [-0.2, 0) is 11.2 Å². The topological polar surface area (TPSA) is 80.4 Å². The molecule has 2 aromatic carbocycles. The molecule has 3 rings (SSSR count). The summed E-state index contributed by atoms with van der Waals surface area (Å²) in [7, 11) is 0. The van der Waals surface area contributed by atoms with E-state index in [1.54, 1.807) is 42.5 Å². The highest BCUT2D eigenvalue weighted by Crippen LogP contribution is 2.42. The number of carbonyl (C=O) groups is 2. The highest BCUT2D eigenvalue weighted by atomic mass is 16.4. The van der Waals surface area contributed by atoms with Crippen molar-refractivity contribution in [2.45, 2.75) is 12.0 Å². The molecule has 0 saturated carbocycles. The molecule has 0 amide bonds. The molecule has 1 aliphatic carbocycles. The number of ketones is 1. The molecular weight excluding hydrogens is 314 g/mol. The Morgan fingerprint density at radius 3 is 2.04 bits per heavy atom. The predicted octanol–water partition coefficient (Wildman–Crippen LogP) is 3.01. The van der Waals surface area contributed by atoms with Gasteiger partial charge in [0.05, 0.1) is 5.41 Å². The second-order valence-electron chi connectivity index (χ2n) is 6.22. The van der Waals surface area contributed by atoms with Crippen LogP contribution in [0.3, 0.4) is 0 Å². The summed E-state index contributed by atoms with van der Waals surface area (Å²) >= 11 is 0. The molecular formula is C21H19NO3. The van der Waals surface area contributed by atoms with Gasteiger partial charge in [0.15, 0.2) is 5.78 Å². The van der Waals surface area contributed by atoms with Crippen molar-refractivity contribution in [3.8, 4) is 0 Å². The summed E-state index contributed by atoms with van der Waals surface area (Å²) in [5.74, 6) is -1.53. The molecule has 0 spiro atoms. The van der Waals surface area contributed by atoms with Gasteiger partial charge in [-0.15, -0.1) is 0 Å². The lowest BCUT2D eigenvalue weighted by Gasteiger charge is -2.42. The minimum absolute atomic E-state index is 0.200. The maximum Gasteiger partial charge on any atom is 0.329 e. The average Bonchev–Trinajstić information content (AvgIpc) is 2.64. The molecule has 2 atom stereocenters. The third-order valence-corrected chi connectivity index (χ3v) is 4.71. The highest BCUT2D eigenvalue weighted by molar-refractivity contribution is 6.07. The lowest BCUT2D eigenvalue weighted by molar-refractivity contribution is -0.144. The molecule has 0 saturated heterocycles. The smallest absolute Gasteiger partial charge is 0.329 e. The van der Waals surface area contributed by atoms with E-state index in [0.29, 0.717) is 5.56 Å². The van der Waals surface area contributed by atoms with Gasteiger partial charge in [0.2, 0.25) is 0 Å².